The van der Waals surface area contributed by atoms with E-state index < -0.39 is 5.97 Å². The van der Waals surface area contributed by atoms with E-state index in [1.54, 1.807) is 12.1 Å². The SMILES string of the molecule is CC(C)c1ccc(/C=C/c2cccc[n+]2Cc2ccc(C(=O)O)cc2)cc1.[Cl-]. The van der Waals surface area contributed by atoms with E-state index in [4.69, 9.17) is 5.11 Å². The van der Waals surface area contributed by atoms with Crippen LogP contribution in [0.25, 0.3) is 12.2 Å². The third-order valence-electron chi connectivity index (χ3n) is 4.58. The Morgan fingerprint density at radius 2 is 1.64 bits per heavy atom. The van der Waals surface area contributed by atoms with E-state index in [9.17, 15) is 4.79 Å². The lowest BCUT2D eigenvalue weighted by Gasteiger charge is -2.05. The molecule has 0 spiro atoms. The van der Waals surface area contributed by atoms with Crippen molar-refractivity contribution in [3.8, 4) is 0 Å². The van der Waals surface area contributed by atoms with Crippen molar-refractivity contribution in [2.24, 2.45) is 0 Å². The van der Waals surface area contributed by atoms with Crippen LogP contribution >= 0.6 is 0 Å². The Morgan fingerprint density at radius 1 is 0.964 bits per heavy atom. The highest BCUT2D eigenvalue weighted by Gasteiger charge is 2.09. The minimum Gasteiger partial charge on any atom is -1.00 e. The maximum absolute atomic E-state index is 11.0. The number of benzene rings is 2. The first-order chi connectivity index (χ1) is 13.0. The van der Waals surface area contributed by atoms with Gasteiger partial charge in [-0.1, -0.05) is 50.2 Å². The zero-order valence-electron chi connectivity index (χ0n) is 16.0. The summed E-state index contributed by atoms with van der Waals surface area (Å²) in [5.74, 6) is -0.368. The van der Waals surface area contributed by atoms with Crippen LogP contribution in [0.1, 0.15) is 52.5 Å². The Hall–Kier alpha value is -2.91. The molecule has 0 aliphatic rings. The molecule has 3 rings (SSSR count). The van der Waals surface area contributed by atoms with E-state index in [0.29, 0.717) is 18.0 Å². The maximum atomic E-state index is 11.0. The number of halogens is 1. The summed E-state index contributed by atoms with van der Waals surface area (Å²) in [4.78, 5) is 11.0. The van der Waals surface area contributed by atoms with Gasteiger partial charge < -0.3 is 17.5 Å². The summed E-state index contributed by atoms with van der Waals surface area (Å²) in [5.41, 5.74) is 4.97. The van der Waals surface area contributed by atoms with Gasteiger partial charge >= 0.3 is 5.97 Å². The molecule has 0 saturated carbocycles. The molecule has 0 amide bonds. The van der Waals surface area contributed by atoms with E-state index in [1.807, 2.05) is 30.5 Å². The Bertz CT molecular complexity index is 945. The quantitative estimate of drug-likeness (QED) is 0.651. The smallest absolute Gasteiger partial charge is 0.335 e. The Kier molecular flexibility index (Phi) is 7.53. The van der Waals surface area contributed by atoms with Gasteiger partial charge in [0.25, 0.3) is 0 Å². The fourth-order valence-corrected chi connectivity index (χ4v) is 2.91. The predicted octanol–water partition coefficient (Wildman–Crippen LogP) is 2.02. The summed E-state index contributed by atoms with van der Waals surface area (Å²) >= 11 is 0. The molecule has 28 heavy (non-hydrogen) atoms. The third-order valence-corrected chi connectivity index (χ3v) is 4.58. The van der Waals surface area contributed by atoms with Crippen molar-refractivity contribution < 1.29 is 26.9 Å². The standard InChI is InChI=1S/C24H23NO2.ClH/c1-18(2)21-11-6-19(7-12-21)10-15-23-5-3-4-16-25(23)17-20-8-13-22(14-9-20)24(26)27;/h3-16,18H,17H2,1-2H3;1H/b15-10+;. The molecule has 1 heterocycles. The Morgan fingerprint density at radius 3 is 2.25 bits per heavy atom. The molecular weight excluding hydrogens is 370 g/mol. The lowest BCUT2D eigenvalue weighted by atomic mass is 10.0. The number of carbonyl (C=O) groups is 1. The molecular formula is C24H24ClNO2. The second-order valence-corrected chi connectivity index (χ2v) is 6.91. The number of rotatable bonds is 6. The van der Waals surface area contributed by atoms with E-state index in [1.165, 1.54) is 11.1 Å². The van der Waals surface area contributed by atoms with Crippen LogP contribution in [0.15, 0.2) is 72.9 Å². The van der Waals surface area contributed by atoms with Crippen molar-refractivity contribution in [3.05, 3.63) is 101 Å². The topological polar surface area (TPSA) is 41.2 Å². The van der Waals surface area contributed by atoms with Gasteiger partial charge in [-0.05, 0) is 41.3 Å². The van der Waals surface area contributed by atoms with Crippen molar-refractivity contribution in [2.45, 2.75) is 26.3 Å². The number of carboxylic acids is 1. The van der Waals surface area contributed by atoms with Crippen LogP contribution in [-0.4, -0.2) is 11.1 Å². The molecule has 0 unspecified atom stereocenters. The number of pyridine rings is 1. The maximum Gasteiger partial charge on any atom is 0.335 e. The number of aromatic nitrogens is 1. The first kappa shape index (κ1) is 21.4. The predicted molar refractivity (Wildman–Crippen MR) is 109 cm³/mol. The highest BCUT2D eigenvalue weighted by atomic mass is 35.5. The van der Waals surface area contributed by atoms with Crippen molar-refractivity contribution in [3.63, 3.8) is 0 Å². The highest BCUT2D eigenvalue weighted by molar-refractivity contribution is 5.87. The average Bonchev–Trinajstić information content (AvgIpc) is 2.68. The van der Waals surface area contributed by atoms with Crippen molar-refractivity contribution in [2.75, 3.05) is 0 Å². The molecule has 0 aliphatic carbocycles. The molecule has 0 bridgehead atoms. The summed E-state index contributed by atoms with van der Waals surface area (Å²) in [6.45, 7) is 5.08. The number of carboxylic acid groups (broad SMARTS) is 1. The van der Waals surface area contributed by atoms with E-state index in [2.05, 4.69) is 60.9 Å². The first-order valence-corrected chi connectivity index (χ1v) is 9.11. The minimum atomic E-state index is -0.902. The summed E-state index contributed by atoms with van der Waals surface area (Å²) in [6.07, 6.45) is 6.26. The molecule has 0 atom stereocenters. The van der Waals surface area contributed by atoms with Crippen molar-refractivity contribution in [1.29, 1.82) is 0 Å². The summed E-state index contributed by atoms with van der Waals surface area (Å²) in [5, 5.41) is 9.02. The zero-order valence-corrected chi connectivity index (χ0v) is 16.8. The molecule has 4 heteroatoms. The van der Waals surface area contributed by atoms with Crippen molar-refractivity contribution in [1.82, 2.24) is 0 Å². The monoisotopic (exact) mass is 393 g/mol. The van der Waals surface area contributed by atoms with Crippen LogP contribution in [0.5, 0.6) is 0 Å². The van der Waals surface area contributed by atoms with Gasteiger partial charge in [0.1, 0.15) is 0 Å². The molecule has 144 valence electrons. The Balaban J connectivity index is 0.00000280. The van der Waals surface area contributed by atoms with Gasteiger partial charge in [-0.15, -0.1) is 0 Å². The second kappa shape index (κ2) is 9.86. The Labute approximate surface area is 172 Å². The summed E-state index contributed by atoms with van der Waals surface area (Å²) in [6, 6.07) is 21.7. The normalized spacial score (nSPS) is 10.8. The third kappa shape index (κ3) is 5.54. The molecule has 1 aromatic heterocycles. The van der Waals surface area contributed by atoms with Crippen LogP contribution in [-0.2, 0) is 6.54 Å². The molecule has 0 fully saturated rings. The first-order valence-electron chi connectivity index (χ1n) is 9.11. The minimum absolute atomic E-state index is 0. The zero-order chi connectivity index (χ0) is 19.2. The summed E-state index contributed by atoms with van der Waals surface area (Å²) in [7, 11) is 0. The van der Waals surface area contributed by atoms with Crippen LogP contribution in [0.4, 0.5) is 0 Å². The molecule has 0 aliphatic heterocycles. The molecule has 2 aromatic carbocycles. The van der Waals surface area contributed by atoms with E-state index >= 15 is 0 Å². The molecule has 1 N–H and O–H groups in total. The molecule has 0 radical (unpaired) electrons. The number of aromatic carboxylic acids is 1. The van der Waals surface area contributed by atoms with Gasteiger partial charge in [-0.2, -0.15) is 4.57 Å². The number of nitrogens with zero attached hydrogens (tertiary/aromatic N) is 1. The van der Waals surface area contributed by atoms with Crippen LogP contribution in [0.3, 0.4) is 0 Å². The van der Waals surface area contributed by atoms with Crippen LogP contribution in [0, 0.1) is 0 Å². The van der Waals surface area contributed by atoms with E-state index in [0.717, 1.165) is 11.3 Å². The average molecular weight is 394 g/mol. The lowest BCUT2D eigenvalue weighted by Crippen LogP contribution is -3.00. The number of hydrogen-bond acceptors (Lipinski definition) is 1. The fourth-order valence-electron chi connectivity index (χ4n) is 2.91. The van der Waals surface area contributed by atoms with Gasteiger partial charge in [-0.25, -0.2) is 4.79 Å². The van der Waals surface area contributed by atoms with Gasteiger partial charge in [-0.3, -0.25) is 0 Å². The molecule has 0 saturated heterocycles. The molecule has 3 aromatic rings. The second-order valence-electron chi connectivity index (χ2n) is 6.91. The van der Waals surface area contributed by atoms with Gasteiger partial charge in [0, 0.05) is 23.8 Å². The number of hydrogen-bond donors (Lipinski definition) is 1. The summed E-state index contributed by atoms with van der Waals surface area (Å²) < 4.78 is 2.15. The van der Waals surface area contributed by atoms with E-state index in [-0.39, 0.29) is 12.4 Å². The van der Waals surface area contributed by atoms with Crippen LogP contribution < -0.4 is 17.0 Å². The van der Waals surface area contributed by atoms with Crippen molar-refractivity contribution >= 4 is 18.1 Å². The van der Waals surface area contributed by atoms with Gasteiger partial charge in [0.05, 0.1) is 5.56 Å². The van der Waals surface area contributed by atoms with Gasteiger partial charge in [0.2, 0.25) is 5.69 Å². The largest absolute Gasteiger partial charge is 1.00 e. The lowest BCUT2D eigenvalue weighted by molar-refractivity contribution is -0.690. The highest BCUT2D eigenvalue weighted by Crippen LogP contribution is 2.16. The fraction of sp³-hybridized carbons (Fsp3) is 0.167. The van der Waals surface area contributed by atoms with Gasteiger partial charge in [0.15, 0.2) is 12.7 Å². The molecule has 3 nitrogen and oxygen atoms in total. The van der Waals surface area contributed by atoms with Crippen LogP contribution in [0.2, 0.25) is 0 Å².